The maximum absolute atomic E-state index is 11.7. The Morgan fingerprint density at radius 1 is 1.38 bits per heavy atom. The van der Waals surface area contributed by atoms with E-state index in [-0.39, 0.29) is 23.9 Å². The van der Waals surface area contributed by atoms with E-state index in [0.717, 1.165) is 25.7 Å². The molecule has 0 unspecified atom stereocenters. The minimum atomic E-state index is -0.802. The van der Waals surface area contributed by atoms with Gasteiger partial charge in [0.1, 0.15) is 12.7 Å². The van der Waals surface area contributed by atoms with Crippen molar-refractivity contribution in [2.75, 3.05) is 6.61 Å². The van der Waals surface area contributed by atoms with Crippen molar-refractivity contribution >= 4 is 5.97 Å². The van der Waals surface area contributed by atoms with Crippen LogP contribution in [-0.4, -0.2) is 34.5 Å². The topological polar surface area (TPSA) is 66.8 Å². The lowest BCUT2D eigenvalue weighted by molar-refractivity contribution is -0.135. The number of rotatable bonds is 2. The molecule has 2 aliphatic carbocycles. The first-order valence-electron chi connectivity index (χ1n) is 9.12. The maximum atomic E-state index is 11.7. The molecule has 0 aromatic heterocycles. The van der Waals surface area contributed by atoms with Crippen molar-refractivity contribution in [1.29, 1.82) is 0 Å². The van der Waals surface area contributed by atoms with Crippen LogP contribution < -0.4 is 0 Å². The van der Waals surface area contributed by atoms with Crippen LogP contribution in [-0.2, 0) is 9.53 Å². The molecule has 4 nitrogen and oxygen atoms in total. The van der Waals surface area contributed by atoms with Crippen LogP contribution in [0.4, 0.5) is 0 Å². The van der Waals surface area contributed by atoms with Gasteiger partial charge in [-0.05, 0) is 62.2 Å². The van der Waals surface area contributed by atoms with E-state index in [4.69, 9.17) is 4.74 Å². The van der Waals surface area contributed by atoms with Gasteiger partial charge in [0.2, 0.25) is 0 Å². The molecule has 0 aromatic rings. The first kappa shape index (κ1) is 17.7. The maximum Gasteiger partial charge on any atom is 0.336 e. The smallest absolute Gasteiger partial charge is 0.336 e. The third-order valence-electron chi connectivity index (χ3n) is 7.21. The number of hydrogen-bond acceptors (Lipinski definition) is 4. The molecule has 1 saturated heterocycles. The molecule has 4 heteroatoms. The number of hydrogen-bond donors (Lipinski definition) is 2. The zero-order valence-corrected chi connectivity index (χ0v) is 15.0. The fourth-order valence-electron chi connectivity index (χ4n) is 5.30. The zero-order valence-electron chi connectivity index (χ0n) is 15.0. The van der Waals surface area contributed by atoms with Crippen LogP contribution in [0.1, 0.15) is 52.9 Å². The number of cyclic esters (lactones) is 1. The second-order valence-corrected chi connectivity index (χ2v) is 8.52. The second kappa shape index (κ2) is 5.99. The van der Waals surface area contributed by atoms with Crippen LogP contribution in [0.25, 0.3) is 0 Å². The molecule has 3 rings (SSSR count). The number of aliphatic hydroxyl groups is 2. The summed E-state index contributed by atoms with van der Waals surface area (Å²) in [6.07, 6.45) is 5.58. The van der Waals surface area contributed by atoms with Crippen molar-refractivity contribution in [1.82, 2.24) is 0 Å². The number of aliphatic hydroxyl groups excluding tert-OH is 1. The Kier molecular flexibility index (Phi) is 4.42. The molecule has 0 bridgehead atoms. The fourth-order valence-corrected chi connectivity index (χ4v) is 5.30. The summed E-state index contributed by atoms with van der Waals surface area (Å²) in [6.45, 7) is 10.8. The molecular formula is C20H30O4. The van der Waals surface area contributed by atoms with E-state index in [1.54, 1.807) is 0 Å². The zero-order chi connectivity index (χ0) is 17.7. The predicted octanol–water partition coefficient (Wildman–Crippen LogP) is 2.99. The van der Waals surface area contributed by atoms with Gasteiger partial charge in [0.15, 0.2) is 0 Å². The highest BCUT2D eigenvalue weighted by Gasteiger charge is 2.54. The van der Waals surface area contributed by atoms with Crippen LogP contribution in [0, 0.1) is 23.2 Å². The molecule has 3 aliphatic rings. The summed E-state index contributed by atoms with van der Waals surface area (Å²) in [7, 11) is 0. The SMILES string of the molecule is C=C1CC[C@@H]2[C@@H](C)[C@@](C)(O)CC[C@@]2(C)[C@@H]1C/C=C1/C(=O)OC[C@H]1O. The average molecular weight is 334 g/mol. The van der Waals surface area contributed by atoms with Crippen molar-refractivity contribution in [3.63, 3.8) is 0 Å². The van der Waals surface area contributed by atoms with Crippen LogP contribution in [0.2, 0.25) is 0 Å². The summed E-state index contributed by atoms with van der Waals surface area (Å²) < 4.78 is 4.91. The monoisotopic (exact) mass is 334 g/mol. The lowest BCUT2D eigenvalue weighted by Crippen LogP contribution is -2.54. The second-order valence-electron chi connectivity index (χ2n) is 8.52. The van der Waals surface area contributed by atoms with Crippen molar-refractivity contribution in [3.05, 3.63) is 23.8 Å². The highest BCUT2D eigenvalue weighted by atomic mass is 16.6. The van der Waals surface area contributed by atoms with E-state index in [1.807, 2.05) is 13.0 Å². The fraction of sp³-hybridized carbons (Fsp3) is 0.750. The minimum absolute atomic E-state index is 0.0655. The lowest BCUT2D eigenvalue weighted by Gasteiger charge is -2.57. The summed E-state index contributed by atoms with van der Waals surface area (Å²) in [5.41, 5.74) is 1.11. The Morgan fingerprint density at radius 3 is 2.71 bits per heavy atom. The standard InChI is InChI=1S/C20H30O4/c1-12-5-7-16-13(2)20(4,23)10-9-19(16,3)15(12)8-6-14-17(21)11-24-18(14)22/h6,13,15-17,21,23H,1,5,7-11H2,2-4H3/b14-6+/t13-,15-,16-,17-,19+,20+/m1/s1. The lowest BCUT2D eigenvalue weighted by atomic mass is 9.48. The first-order chi connectivity index (χ1) is 11.2. The molecule has 134 valence electrons. The van der Waals surface area contributed by atoms with E-state index in [9.17, 15) is 15.0 Å². The quantitative estimate of drug-likeness (QED) is 0.463. The molecule has 0 aromatic carbocycles. The number of ether oxygens (including phenoxy) is 1. The third kappa shape index (κ3) is 2.74. The average Bonchev–Trinajstić information content (AvgIpc) is 2.83. The molecule has 1 aliphatic heterocycles. The Hall–Kier alpha value is -1.13. The number of fused-ring (bicyclic) bond motifs is 1. The van der Waals surface area contributed by atoms with Crippen LogP contribution in [0.15, 0.2) is 23.8 Å². The molecule has 3 fully saturated rings. The van der Waals surface area contributed by atoms with Gasteiger partial charge in [-0.2, -0.15) is 0 Å². The van der Waals surface area contributed by atoms with Gasteiger partial charge < -0.3 is 14.9 Å². The number of allylic oxidation sites excluding steroid dienone is 2. The predicted molar refractivity (Wildman–Crippen MR) is 92.1 cm³/mol. The van der Waals surface area contributed by atoms with Crippen LogP contribution >= 0.6 is 0 Å². The Labute approximate surface area is 144 Å². The molecule has 2 N–H and O–H groups in total. The van der Waals surface area contributed by atoms with Crippen LogP contribution in [0.5, 0.6) is 0 Å². The van der Waals surface area contributed by atoms with E-state index >= 15 is 0 Å². The van der Waals surface area contributed by atoms with Gasteiger partial charge in [-0.1, -0.05) is 32.1 Å². The highest BCUT2D eigenvalue weighted by Crippen LogP contribution is 2.59. The van der Waals surface area contributed by atoms with Crippen molar-refractivity contribution < 1.29 is 19.7 Å². The summed E-state index contributed by atoms with van der Waals surface area (Å²) in [4.78, 5) is 11.7. The number of carbonyl (C=O) groups excluding carboxylic acids is 1. The van der Waals surface area contributed by atoms with Crippen molar-refractivity contribution in [2.45, 2.75) is 64.6 Å². The van der Waals surface area contributed by atoms with Gasteiger partial charge in [-0.25, -0.2) is 4.79 Å². The summed E-state index contributed by atoms with van der Waals surface area (Å²) in [6, 6.07) is 0. The number of esters is 1. The molecule has 2 saturated carbocycles. The highest BCUT2D eigenvalue weighted by molar-refractivity contribution is 5.91. The van der Waals surface area contributed by atoms with Gasteiger partial charge in [-0.15, -0.1) is 0 Å². The molecule has 0 spiro atoms. The Morgan fingerprint density at radius 2 is 2.08 bits per heavy atom. The molecule has 6 atom stereocenters. The van der Waals surface area contributed by atoms with Gasteiger partial charge in [0.05, 0.1) is 11.2 Å². The molecule has 1 heterocycles. The molecule has 24 heavy (non-hydrogen) atoms. The van der Waals surface area contributed by atoms with Crippen LogP contribution in [0.3, 0.4) is 0 Å². The van der Waals surface area contributed by atoms with E-state index in [2.05, 4.69) is 20.4 Å². The Bertz CT molecular complexity index is 576. The summed E-state index contributed by atoms with van der Waals surface area (Å²) in [5, 5.41) is 20.6. The van der Waals surface area contributed by atoms with Gasteiger partial charge >= 0.3 is 5.97 Å². The van der Waals surface area contributed by atoms with Crippen molar-refractivity contribution in [2.24, 2.45) is 23.2 Å². The van der Waals surface area contributed by atoms with Gasteiger partial charge in [0, 0.05) is 0 Å². The minimum Gasteiger partial charge on any atom is -0.459 e. The number of carbonyl (C=O) groups is 1. The normalized spacial score (nSPS) is 47.6. The summed E-state index contributed by atoms with van der Waals surface area (Å²) >= 11 is 0. The third-order valence-corrected chi connectivity index (χ3v) is 7.21. The largest absolute Gasteiger partial charge is 0.459 e. The van der Waals surface area contributed by atoms with Crippen molar-refractivity contribution in [3.8, 4) is 0 Å². The molecular weight excluding hydrogens is 304 g/mol. The first-order valence-corrected chi connectivity index (χ1v) is 9.12. The molecule has 0 amide bonds. The van der Waals surface area contributed by atoms with E-state index in [1.165, 1.54) is 5.57 Å². The van der Waals surface area contributed by atoms with Gasteiger partial charge in [0.25, 0.3) is 0 Å². The summed E-state index contributed by atoms with van der Waals surface area (Å²) in [5.74, 6) is 0.589. The van der Waals surface area contributed by atoms with E-state index in [0.29, 0.717) is 17.9 Å². The van der Waals surface area contributed by atoms with Gasteiger partial charge in [-0.3, -0.25) is 0 Å². The Balaban J connectivity index is 1.85. The molecule has 0 radical (unpaired) electrons. The van der Waals surface area contributed by atoms with E-state index < -0.39 is 17.7 Å².